The molecule has 1 aromatic carbocycles. The number of pyridine rings is 1. The Hall–Kier alpha value is -3.52. The minimum Gasteiger partial charge on any atom is -0.365 e. The van der Waals surface area contributed by atoms with Gasteiger partial charge in [0, 0.05) is 30.6 Å². The van der Waals surface area contributed by atoms with Gasteiger partial charge in [-0.3, -0.25) is 4.79 Å². The lowest BCUT2D eigenvalue weighted by atomic mass is 10.2. The number of benzene rings is 1. The maximum absolute atomic E-state index is 12.1. The summed E-state index contributed by atoms with van der Waals surface area (Å²) in [5.74, 6) is 1.69. The summed E-state index contributed by atoms with van der Waals surface area (Å²) in [5, 5.41) is 19.5. The van der Waals surface area contributed by atoms with Crippen molar-refractivity contribution >= 4 is 34.8 Å². The van der Waals surface area contributed by atoms with E-state index in [-0.39, 0.29) is 12.3 Å². The van der Waals surface area contributed by atoms with E-state index < -0.39 is 0 Å². The van der Waals surface area contributed by atoms with Gasteiger partial charge in [0.25, 0.3) is 0 Å². The van der Waals surface area contributed by atoms with Gasteiger partial charge in [-0.05, 0) is 42.0 Å². The Labute approximate surface area is 172 Å². The van der Waals surface area contributed by atoms with Crippen molar-refractivity contribution in [1.29, 1.82) is 0 Å². The fourth-order valence-electron chi connectivity index (χ4n) is 2.75. The lowest BCUT2D eigenvalue weighted by molar-refractivity contribution is -0.116. The Balaban J connectivity index is 1.40. The number of rotatable bonds is 7. The summed E-state index contributed by atoms with van der Waals surface area (Å²) in [4.78, 5) is 16.2. The Kier molecular flexibility index (Phi) is 5.62. The zero-order valence-electron chi connectivity index (χ0n) is 15.4. The molecule has 0 bridgehead atoms. The number of nitrogens with one attached hydrogen (secondary N) is 2. The highest BCUT2D eigenvalue weighted by Crippen LogP contribution is 2.13. The third-order valence-electron chi connectivity index (χ3n) is 4.22. The van der Waals surface area contributed by atoms with E-state index in [1.54, 1.807) is 22.8 Å². The largest absolute Gasteiger partial charge is 0.365 e. The average molecular weight is 408 g/mol. The molecule has 0 aliphatic rings. The number of hydrogen-bond acceptors (Lipinski definition) is 6. The van der Waals surface area contributed by atoms with Crippen LogP contribution in [0.1, 0.15) is 17.8 Å². The number of aromatic nitrogens is 5. The standard InChI is InChI=1S/C20H18ClN7O/c21-15-6-4-14(5-7-15)13-23-17-8-9-18-25-26-19(28(18)27-17)10-11-20(29)24-16-3-1-2-12-22-16/h1-9,12H,10-11,13H2,(H,23,27)(H,22,24,29). The minimum atomic E-state index is -0.141. The van der Waals surface area contributed by atoms with E-state index in [0.717, 1.165) is 5.56 Å². The first kappa shape index (κ1) is 18.8. The first-order valence-electron chi connectivity index (χ1n) is 9.08. The molecule has 2 N–H and O–H groups in total. The molecular formula is C20H18ClN7O. The van der Waals surface area contributed by atoms with Crippen molar-refractivity contribution < 1.29 is 4.79 Å². The van der Waals surface area contributed by atoms with Gasteiger partial charge in [-0.2, -0.15) is 4.52 Å². The Bertz CT molecular complexity index is 1110. The second-order valence-corrected chi connectivity index (χ2v) is 6.78. The van der Waals surface area contributed by atoms with E-state index in [1.165, 1.54) is 0 Å². The van der Waals surface area contributed by atoms with E-state index in [0.29, 0.717) is 41.1 Å². The molecule has 8 nitrogen and oxygen atoms in total. The molecule has 9 heteroatoms. The number of fused-ring (bicyclic) bond motifs is 1. The quantitative estimate of drug-likeness (QED) is 0.487. The highest BCUT2D eigenvalue weighted by Gasteiger charge is 2.11. The van der Waals surface area contributed by atoms with Crippen LogP contribution in [0.15, 0.2) is 60.8 Å². The van der Waals surface area contributed by atoms with Crippen LogP contribution in [0.2, 0.25) is 5.02 Å². The molecule has 0 atom stereocenters. The molecule has 4 aromatic rings. The third-order valence-corrected chi connectivity index (χ3v) is 4.47. The average Bonchev–Trinajstić information content (AvgIpc) is 3.15. The Morgan fingerprint density at radius 1 is 1.00 bits per heavy atom. The maximum atomic E-state index is 12.1. The van der Waals surface area contributed by atoms with E-state index in [2.05, 4.69) is 30.9 Å². The van der Waals surface area contributed by atoms with Crippen molar-refractivity contribution in [2.45, 2.75) is 19.4 Å². The van der Waals surface area contributed by atoms with E-state index >= 15 is 0 Å². The number of carbonyl (C=O) groups is 1. The molecule has 0 saturated carbocycles. The molecule has 4 rings (SSSR count). The third kappa shape index (κ3) is 4.85. The topological polar surface area (TPSA) is 97.1 Å². The zero-order chi connectivity index (χ0) is 20.1. The van der Waals surface area contributed by atoms with Gasteiger partial charge in [0.2, 0.25) is 5.91 Å². The van der Waals surface area contributed by atoms with Crippen LogP contribution in [0.25, 0.3) is 5.65 Å². The van der Waals surface area contributed by atoms with Crippen LogP contribution in [-0.2, 0) is 17.8 Å². The van der Waals surface area contributed by atoms with Crippen LogP contribution in [-0.4, -0.2) is 30.7 Å². The van der Waals surface area contributed by atoms with Crippen molar-refractivity contribution in [2.24, 2.45) is 0 Å². The number of hydrogen-bond donors (Lipinski definition) is 2. The Morgan fingerprint density at radius 3 is 2.66 bits per heavy atom. The molecule has 0 fully saturated rings. The van der Waals surface area contributed by atoms with Crippen LogP contribution in [0.5, 0.6) is 0 Å². The molecule has 0 unspecified atom stereocenters. The molecule has 0 saturated heterocycles. The van der Waals surface area contributed by atoms with Gasteiger partial charge in [0.05, 0.1) is 0 Å². The summed E-state index contributed by atoms with van der Waals surface area (Å²) in [5.41, 5.74) is 1.72. The first-order valence-corrected chi connectivity index (χ1v) is 9.46. The number of amides is 1. The predicted octanol–water partition coefficient (Wildman–Crippen LogP) is 3.36. The van der Waals surface area contributed by atoms with E-state index in [4.69, 9.17) is 11.6 Å². The first-order chi connectivity index (χ1) is 14.2. The minimum absolute atomic E-state index is 0.141. The number of carbonyl (C=O) groups excluding carboxylic acids is 1. The summed E-state index contributed by atoms with van der Waals surface area (Å²) in [6.07, 6.45) is 2.29. The van der Waals surface area contributed by atoms with Gasteiger partial charge in [-0.25, -0.2) is 4.98 Å². The Morgan fingerprint density at radius 2 is 1.86 bits per heavy atom. The molecule has 0 radical (unpaired) electrons. The fraction of sp³-hybridized carbons (Fsp3) is 0.150. The SMILES string of the molecule is O=C(CCc1nnc2ccc(NCc3ccc(Cl)cc3)nn12)Nc1ccccn1. The number of nitrogens with zero attached hydrogens (tertiary/aromatic N) is 5. The summed E-state index contributed by atoms with van der Waals surface area (Å²) < 4.78 is 1.65. The number of aryl methyl sites for hydroxylation is 1. The lowest BCUT2D eigenvalue weighted by Crippen LogP contribution is -2.14. The van der Waals surface area contributed by atoms with Gasteiger partial charge in [-0.1, -0.05) is 29.8 Å². The fourth-order valence-corrected chi connectivity index (χ4v) is 2.87. The van der Waals surface area contributed by atoms with E-state index in [9.17, 15) is 4.79 Å². The van der Waals surface area contributed by atoms with Crippen LogP contribution >= 0.6 is 11.6 Å². The monoisotopic (exact) mass is 407 g/mol. The highest BCUT2D eigenvalue weighted by atomic mass is 35.5. The molecule has 3 aromatic heterocycles. The molecular weight excluding hydrogens is 390 g/mol. The molecule has 3 heterocycles. The highest BCUT2D eigenvalue weighted by molar-refractivity contribution is 6.30. The van der Waals surface area contributed by atoms with Gasteiger partial charge < -0.3 is 10.6 Å². The van der Waals surface area contributed by atoms with Crippen LogP contribution < -0.4 is 10.6 Å². The molecule has 146 valence electrons. The number of anilines is 2. The number of halogens is 1. The summed E-state index contributed by atoms with van der Waals surface area (Å²) in [6.45, 7) is 0.611. The van der Waals surface area contributed by atoms with E-state index in [1.807, 2.05) is 42.5 Å². The predicted molar refractivity (Wildman–Crippen MR) is 111 cm³/mol. The second-order valence-electron chi connectivity index (χ2n) is 6.35. The van der Waals surface area contributed by atoms with Crippen molar-refractivity contribution in [2.75, 3.05) is 10.6 Å². The normalized spacial score (nSPS) is 10.8. The zero-order valence-corrected chi connectivity index (χ0v) is 16.2. The summed E-state index contributed by atoms with van der Waals surface area (Å²) >= 11 is 5.91. The molecule has 0 aliphatic heterocycles. The molecule has 0 aliphatic carbocycles. The smallest absolute Gasteiger partial charge is 0.225 e. The summed E-state index contributed by atoms with van der Waals surface area (Å²) in [7, 11) is 0. The van der Waals surface area contributed by atoms with Gasteiger partial charge in [0.15, 0.2) is 11.5 Å². The summed E-state index contributed by atoms with van der Waals surface area (Å²) in [6, 6.07) is 16.6. The van der Waals surface area contributed by atoms with Gasteiger partial charge in [-0.15, -0.1) is 15.3 Å². The lowest BCUT2D eigenvalue weighted by Gasteiger charge is -2.07. The molecule has 1 amide bonds. The molecule has 29 heavy (non-hydrogen) atoms. The van der Waals surface area contributed by atoms with Crippen molar-refractivity contribution in [3.63, 3.8) is 0 Å². The van der Waals surface area contributed by atoms with Gasteiger partial charge >= 0.3 is 0 Å². The van der Waals surface area contributed by atoms with Crippen LogP contribution in [0, 0.1) is 0 Å². The van der Waals surface area contributed by atoms with Crippen LogP contribution in [0.4, 0.5) is 11.6 Å². The van der Waals surface area contributed by atoms with Crippen LogP contribution in [0.3, 0.4) is 0 Å². The van der Waals surface area contributed by atoms with Crippen molar-refractivity contribution in [3.05, 3.63) is 77.2 Å². The molecule has 0 spiro atoms. The second kappa shape index (κ2) is 8.66. The van der Waals surface area contributed by atoms with Crippen molar-refractivity contribution in [3.8, 4) is 0 Å². The van der Waals surface area contributed by atoms with Gasteiger partial charge in [0.1, 0.15) is 11.6 Å². The maximum Gasteiger partial charge on any atom is 0.225 e. The van der Waals surface area contributed by atoms with Crippen molar-refractivity contribution in [1.82, 2.24) is 24.8 Å².